The van der Waals surface area contributed by atoms with Crippen molar-refractivity contribution >= 4 is 24.6 Å². The minimum absolute atomic E-state index is 0.0672. The average molecular weight is 614 g/mol. The van der Waals surface area contributed by atoms with Crippen LogP contribution >= 0.6 is 7.60 Å². The second kappa shape index (κ2) is 20.4. The maximum atomic E-state index is 12.5. The molecular weight excluding hydrogens is 557 g/mol. The van der Waals surface area contributed by atoms with Gasteiger partial charge in [0.1, 0.15) is 24.1 Å². The van der Waals surface area contributed by atoms with Crippen molar-refractivity contribution in [2.24, 2.45) is 0 Å². The molecule has 3 N–H and O–H groups in total. The smallest absolute Gasteiger partial charge is 0.325 e. The zero-order valence-electron chi connectivity index (χ0n) is 26.6. The van der Waals surface area contributed by atoms with Gasteiger partial charge in [0.05, 0.1) is 19.0 Å². The Balaban J connectivity index is 1.95. The van der Waals surface area contributed by atoms with Crippen LogP contribution in [0.5, 0.6) is 0 Å². The van der Waals surface area contributed by atoms with Gasteiger partial charge < -0.3 is 24.8 Å². The molecule has 4 atom stereocenters. The normalized spacial score (nSPS) is 15.7. The zero-order chi connectivity index (χ0) is 30.8. The zero-order valence-corrected chi connectivity index (χ0v) is 27.5. The van der Waals surface area contributed by atoms with Gasteiger partial charge in [-0.05, 0) is 20.3 Å². The first-order valence-corrected chi connectivity index (χ1v) is 17.9. The predicted molar refractivity (Wildman–Crippen MR) is 168 cm³/mol. The van der Waals surface area contributed by atoms with Crippen molar-refractivity contribution in [1.82, 2.24) is 19.5 Å². The van der Waals surface area contributed by atoms with E-state index in [2.05, 4.69) is 21.9 Å². The van der Waals surface area contributed by atoms with Gasteiger partial charge in [-0.3, -0.25) is 13.7 Å². The number of aromatic nitrogens is 4. The Labute approximate surface area is 252 Å². The highest BCUT2D eigenvalue weighted by Crippen LogP contribution is 2.42. The van der Waals surface area contributed by atoms with E-state index in [0.29, 0.717) is 17.8 Å². The SMILES string of the molecule is CCCCCCCCCCCCCCCCO[C@@H]([C@@H](OP(C)(=O)O)C(COC(C)C)OC)n1cnc2c(N)ncnc21. The van der Waals surface area contributed by atoms with Crippen LogP contribution in [0.15, 0.2) is 12.7 Å². The molecule has 2 rings (SSSR count). The molecule has 0 aliphatic heterocycles. The lowest BCUT2D eigenvalue weighted by molar-refractivity contribution is -0.142. The molecule has 2 heterocycles. The second-order valence-corrected chi connectivity index (χ2v) is 13.3. The minimum atomic E-state index is -3.94. The summed E-state index contributed by atoms with van der Waals surface area (Å²) >= 11 is 0. The van der Waals surface area contributed by atoms with E-state index in [4.69, 9.17) is 24.5 Å². The summed E-state index contributed by atoms with van der Waals surface area (Å²) < 4.78 is 37.7. The molecule has 2 aromatic heterocycles. The number of nitrogens with zero attached hydrogens (tertiary/aromatic N) is 4. The molecule has 0 fully saturated rings. The van der Waals surface area contributed by atoms with Crippen molar-refractivity contribution in [1.29, 1.82) is 0 Å². The minimum Gasteiger partial charge on any atom is -0.382 e. The molecule has 11 nitrogen and oxygen atoms in total. The summed E-state index contributed by atoms with van der Waals surface area (Å²) in [5.41, 5.74) is 6.87. The number of unbranched alkanes of at least 4 members (excludes halogenated alkanes) is 13. The third-order valence-corrected chi connectivity index (χ3v) is 7.94. The lowest BCUT2D eigenvalue weighted by atomic mass is 10.0. The average Bonchev–Trinajstić information content (AvgIpc) is 3.37. The van der Waals surface area contributed by atoms with Gasteiger partial charge in [-0.25, -0.2) is 15.0 Å². The van der Waals surface area contributed by atoms with E-state index in [-0.39, 0.29) is 18.5 Å². The highest BCUT2D eigenvalue weighted by atomic mass is 31.2. The molecule has 0 aliphatic carbocycles. The molecule has 42 heavy (non-hydrogen) atoms. The summed E-state index contributed by atoms with van der Waals surface area (Å²) in [5, 5.41) is 0. The van der Waals surface area contributed by atoms with E-state index in [1.54, 1.807) is 4.57 Å². The molecule has 0 aromatic carbocycles. The van der Waals surface area contributed by atoms with Crippen LogP contribution in [0.25, 0.3) is 11.2 Å². The number of imidazole rings is 1. The van der Waals surface area contributed by atoms with Gasteiger partial charge in [-0.2, -0.15) is 0 Å². The molecular formula is C30H56N5O6P. The summed E-state index contributed by atoms with van der Waals surface area (Å²) in [7, 11) is -2.43. The molecule has 0 amide bonds. The number of anilines is 1. The van der Waals surface area contributed by atoms with Crippen LogP contribution in [0.3, 0.4) is 0 Å². The van der Waals surface area contributed by atoms with Gasteiger partial charge in [0, 0.05) is 20.4 Å². The first-order chi connectivity index (χ1) is 20.2. The Kier molecular flexibility index (Phi) is 17.7. The molecule has 0 saturated heterocycles. The van der Waals surface area contributed by atoms with Crippen molar-refractivity contribution in [2.75, 3.05) is 32.7 Å². The quantitative estimate of drug-likeness (QED) is 0.0883. The number of hydrogen-bond acceptors (Lipinski definition) is 9. The van der Waals surface area contributed by atoms with E-state index in [1.807, 2.05) is 13.8 Å². The molecule has 0 bridgehead atoms. The van der Waals surface area contributed by atoms with Crippen molar-refractivity contribution in [3.05, 3.63) is 12.7 Å². The maximum absolute atomic E-state index is 12.5. The Morgan fingerprint density at radius 2 is 1.48 bits per heavy atom. The molecule has 0 radical (unpaired) electrons. The van der Waals surface area contributed by atoms with E-state index in [0.717, 1.165) is 25.9 Å². The van der Waals surface area contributed by atoms with E-state index < -0.39 is 26.0 Å². The molecule has 12 heteroatoms. The summed E-state index contributed by atoms with van der Waals surface area (Å²) in [6, 6.07) is 0. The Morgan fingerprint density at radius 1 is 0.905 bits per heavy atom. The number of nitrogens with two attached hydrogens (primary N) is 1. The van der Waals surface area contributed by atoms with Gasteiger partial charge in [0.15, 0.2) is 17.7 Å². The Hall–Kier alpha value is -1.62. The van der Waals surface area contributed by atoms with E-state index in [1.165, 1.54) is 90.4 Å². The summed E-state index contributed by atoms with van der Waals surface area (Å²) in [5.74, 6) is 0.233. The standard InChI is InChI=1S/C30H56N5O6P/c1-6-7-8-9-10-11-12-13-14-15-16-17-18-19-20-39-30(35-23-34-26-28(31)32-22-33-29(26)35)27(41-42(5,36)37)25(38-4)21-40-24(2)3/h22-25,27,30H,6-21H2,1-5H3,(H,36,37)(H2,31,32,33)/t25?,27-,30-/m0/s1. The molecule has 242 valence electrons. The molecule has 0 spiro atoms. The largest absolute Gasteiger partial charge is 0.382 e. The van der Waals surface area contributed by atoms with Crippen molar-refractivity contribution in [3.63, 3.8) is 0 Å². The van der Waals surface area contributed by atoms with Crippen LogP contribution in [-0.2, 0) is 23.3 Å². The summed E-state index contributed by atoms with van der Waals surface area (Å²) in [4.78, 5) is 23.0. The fourth-order valence-electron chi connectivity index (χ4n) is 5.00. The van der Waals surface area contributed by atoms with Crippen LogP contribution in [0.1, 0.15) is 117 Å². The maximum Gasteiger partial charge on any atom is 0.325 e. The molecule has 2 unspecified atom stereocenters. The first-order valence-electron chi connectivity index (χ1n) is 15.9. The topological polar surface area (TPSA) is 144 Å². The van der Waals surface area contributed by atoms with Gasteiger partial charge in [-0.15, -0.1) is 0 Å². The first kappa shape index (κ1) is 36.6. The van der Waals surface area contributed by atoms with Crippen molar-refractivity contribution in [2.45, 2.75) is 135 Å². The van der Waals surface area contributed by atoms with Gasteiger partial charge in [0.25, 0.3) is 0 Å². The predicted octanol–water partition coefficient (Wildman–Crippen LogP) is 7.05. The number of ether oxygens (including phenoxy) is 3. The third kappa shape index (κ3) is 13.8. The van der Waals surface area contributed by atoms with E-state index >= 15 is 0 Å². The van der Waals surface area contributed by atoms with E-state index in [9.17, 15) is 9.46 Å². The third-order valence-electron chi connectivity index (χ3n) is 7.31. The summed E-state index contributed by atoms with van der Waals surface area (Å²) in [6.45, 7) is 7.78. The number of rotatable bonds is 25. The Morgan fingerprint density at radius 3 is 2.00 bits per heavy atom. The monoisotopic (exact) mass is 613 g/mol. The van der Waals surface area contributed by atoms with Gasteiger partial charge >= 0.3 is 7.60 Å². The molecule has 0 saturated carbocycles. The summed E-state index contributed by atoms with van der Waals surface area (Å²) in [6.07, 6.45) is 18.0. The molecule has 2 aromatic rings. The van der Waals surface area contributed by atoms with Crippen molar-refractivity contribution < 1.29 is 28.2 Å². The number of hydrogen-bond donors (Lipinski definition) is 2. The lowest BCUT2D eigenvalue weighted by Crippen LogP contribution is -2.42. The van der Waals surface area contributed by atoms with Gasteiger partial charge in [-0.1, -0.05) is 90.4 Å². The second-order valence-electron chi connectivity index (χ2n) is 11.5. The van der Waals surface area contributed by atoms with Crippen LogP contribution < -0.4 is 5.73 Å². The molecule has 0 aliphatic rings. The van der Waals surface area contributed by atoms with Crippen LogP contribution in [-0.4, -0.2) is 69.7 Å². The number of nitrogen functional groups attached to an aromatic ring is 1. The highest BCUT2D eigenvalue weighted by Gasteiger charge is 2.38. The number of fused-ring (bicyclic) bond motifs is 1. The van der Waals surface area contributed by atoms with Crippen molar-refractivity contribution in [3.8, 4) is 0 Å². The number of methoxy groups -OCH3 is 1. The Bertz CT molecular complexity index is 1030. The highest BCUT2D eigenvalue weighted by molar-refractivity contribution is 7.51. The fraction of sp³-hybridized carbons (Fsp3) is 0.833. The van der Waals surface area contributed by atoms with Crippen LogP contribution in [0.4, 0.5) is 5.82 Å². The van der Waals surface area contributed by atoms with Crippen LogP contribution in [0.2, 0.25) is 0 Å². The van der Waals surface area contributed by atoms with Gasteiger partial charge in [0.2, 0.25) is 0 Å². The van der Waals surface area contributed by atoms with Crippen LogP contribution in [0, 0.1) is 0 Å². The fourth-order valence-corrected chi connectivity index (χ4v) is 5.70. The lowest BCUT2D eigenvalue weighted by Gasteiger charge is -2.34.